The normalized spacial score (nSPS) is 41.4. The van der Waals surface area contributed by atoms with E-state index in [0.29, 0.717) is 10.8 Å². The Morgan fingerprint density at radius 3 is 2.35 bits per heavy atom. The first-order valence-electron chi connectivity index (χ1n) is 7.08. The highest BCUT2D eigenvalue weighted by atomic mass is 16.5. The number of fused-ring (bicyclic) bond motifs is 1. The minimum Gasteiger partial charge on any atom is -0.378 e. The van der Waals surface area contributed by atoms with Gasteiger partial charge in [-0.1, -0.05) is 38.8 Å². The molecule has 2 aliphatic carbocycles. The van der Waals surface area contributed by atoms with Crippen molar-refractivity contribution in [2.75, 3.05) is 7.11 Å². The third kappa shape index (κ3) is 2.31. The molecule has 2 unspecified atom stereocenters. The van der Waals surface area contributed by atoms with Crippen molar-refractivity contribution < 1.29 is 4.74 Å². The molecule has 0 aromatic rings. The molecule has 0 heterocycles. The van der Waals surface area contributed by atoms with Gasteiger partial charge in [0.2, 0.25) is 0 Å². The van der Waals surface area contributed by atoms with E-state index in [1.54, 1.807) is 5.57 Å². The Morgan fingerprint density at radius 2 is 1.71 bits per heavy atom. The van der Waals surface area contributed by atoms with E-state index in [0.717, 1.165) is 6.42 Å². The zero-order valence-electron chi connectivity index (χ0n) is 12.2. The van der Waals surface area contributed by atoms with Crippen LogP contribution in [-0.2, 0) is 4.74 Å². The van der Waals surface area contributed by atoms with Crippen LogP contribution in [0.5, 0.6) is 0 Å². The van der Waals surface area contributed by atoms with Gasteiger partial charge in [-0.05, 0) is 49.9 Å². The zero-order valence-corrected chi connectivity index (χ0v) is 12.2. The smallest absolute Gasteiger partial charge is 0.0685 e. The van der Waals surface area contributed by atoms with Gasteiger partial charge in [0.25, 0.3) is 0 Å². The average Bonchev–Trinajstić information content (AvgIpc) is 2.38. The largest absolute Gasteiger partial charge is 0.378 e. The molecule has 0 saturated heterocycles. The number of rotatable bonds is 1. The summed E-state index contributed by atoms with van der Waals surface area (Å²) >= 11 is 0. The molecular weight excluding hydrogens is 208 g/mol. The first-order chi connectivity index (χ1) is 7.81. The molecule has 1 fully saturated rings. The van der Waals surface area contributed by atoms with Crippen LogP contribution in [0.4, 0.5) is 0 Å². The summed E-state index contributed by atoms with van der Waals surface area (Å²) in [7, 11) is 1.86. The third-order valence-corrected chi connectivity index (χ3v) is 5.35. The summed E-state index contributed by atoms with van der Waals surface area (Å²) in [5.41, 5.74) is 2.59. The number of hydrogen-bond donors (Lipinski definition) is 0. The molecule has 0 amide bonds. The molecule has 0 radical (unpaired) electrons. The van der Waals surface area contributed by atoms with E-state index in [2.05, 4.69) is 33.8 Å². The van der Waals surface area contributed by atoms with Crippen LogP contribution in [0.15, 0.2) is 11.6 Å². The predicted molar refractivity (Wildman–Crippen MR) is 73.1 cm³/mol. The fraction of sp³-hybridized carbons (Fsp3) is 0.875. The van der Waals surface area contributed by atoms with Crippen LogP contribution in [-0.4, -0.2) is 12.7 Å². The second-order valence-corrected chi connectivity index (χ2v) is 7.27. The van der Waals surface area contributed by atoms with Gasteiger partial charge in [-0.2, -0.15) is 0 Å². The predicted octanol–water partition coefficient (Wildman–Crippen LogP) is 4.72. The third-order valence-electron chi connectivity index (χ3n) is 5.35. The van der Waals surface area contributed by atoms with Gasteiger partial charge in [0.1, 0.15) is 0 Å². The Labute approximate surface area is 107 Å². The summed E-state index contributed by atoms with van der Waals surface area (Å²) in [5, 5.41) is 0. The average molecular weight is 236 g/mol. The van der Waals surface area contributed by atoms with Crippen LogP contribution in [0.3, 0.4) is 0 Å². The van der Waals surface area contributed by atoms with Crippen molar-refractivity contribution in [1.29, 1.82) is 0 Å². The lowest BCUT2D eigenvalue weighted by atomic mass is 9.59. The highest BCUT2D eigenvalue weighted by Crippen LogP contribution is 2.55. The topological polar surface area (TPSA) is 9.23 Å². The molecule has 2 aliphatic rings. The molecule has 1 nitrogen and oxygen atoms in total. The molecule has 0 bridgehead atoms. The van der Waals surface area contributed by atoms with Crippen LogP contribution < -0.4 is 0 Å². The lowest BCUT2D eigenvalue weighted by Crippen LogP contribution is -2.34. The standard InChI is InChI=1S/C16H28O/c1-14(2)8-6-9-15(3)11-12-16(4,17-5)10-7-13(14)15/h7H,6,8-12H2,1-5H3. The van der Waals surface area contributed by atoms with Crippen molar-refractivity contribution in [2.24, 2.45) is 10.8 Å². The minimum absolute atomic E-state index is 0.0590. The van der Waals surface area contributed by atoms with Gasteiger partial charge >= 0.3 is 0 Å². The van der Waals surface area contributed by atoms with E-state index >= 15 is 0 Å². The summed E-state index contributed by atoms with van der Waals surface area (Å²) in [5.74, 6) is 0. The molecule has 0 spiro atoms. The maximum atomic E-state index is 5.73. The highest BCUT2D eigenvalue weighted by Gasteiger charge is 2.44. The molecule has 0 N–H and O–H groups in total. The number of ether oxygens (including phenoxy) is 1. The van der Waals surface area contributed by atoms with Gasteiger partial charge in [-0.15, -0.1) is 0 Å². The second kappa shape index (κ2) is 4.12. The Bertz CT molecular complexity index is 328. The molecule has 0 aliphatic heterocycles. The van der Waals surface area contributed by atoms with E-state index in [9.17, 15) is 0 Å². The number of hydrogen-bond acceptors (Lipinski definition) is 1. The monoisotopic (exact) mass is 236 g/mol. The Balaban J connectivity index is 2.34. The molecule has 1 saturated carbocycles. The molecule has 98 valence electrons. The van der Waals surface area contributed by atoms with Gasteiger partial charge in [0.05, 0.1) is 5.60 Å². The van der Waals surface area contributed by atoms with Crippen molar-refractivity contribution in [1.82, 2.24) is 0 Å². The Morgan fingerprint density at radius 1 is 1.00 bits per heavy atom. The molecular formula is C16H28O. The number of methoxy groups -OCH3 is 1. The van der Waals surface area contributed by atoms with E-state index in [-0.39, 0.29) is 5.60 Å². The van der Waals surface area contributed by atoms with Crippen LogP contribution >= 0.6 is 0 Å². The van der Waals surface area contributed by atoms with Crippen LogP contribution in [0, 0.1) is 10.8 Å². The number of allylic oxidation sites excluding steroid dienone is 1. The fourth-order valence-electron chi connectivity index (χ4n) is 3.93. The first kappa shape index (κ1) is 13.1. The summed E-state index contributed by atoms with van der Waals surface area (Å²) < 4.78 is 5.73. The highest BCUT2D eigenvalue weighted by molar-refractivity contribution is 5.25. The van der Waals surface area contributed by atoms with Crippen molar-refractivity contribution in [3.63, 3.8) is 0 Å². The Kier molecular flexibility index (Phi) is 3.18. The second-order valence-electron chi connectivity index (χ2n) is 7.27. The van der Waals surface area contributed by atoms with Gasteiger partial charge < -0.3 is 4.74 Å². The van der Waals surface area contributed by atoms with Crippen molar-refractivity contribution in [2.45, 2.75) is 71.8 Å². The summed E-state index contributed by atoms with van der Waals surface area (Å²) in [4.78, 5) is 0. The van der Waals surface area contributed by atoms with Gasteiger partial charge in [0.15, 0.2) is 0 Å². The molecule has 1 heteroatoms. The summed E-state index contributed by atoms with van der Waals surface area (Å²) in [6, 6.07) is 0. The molecule has 2 atom stereocenters. The maximum Gasteiger partial charge on any atom is 0.0685 e. The van der Waals surface area contributed by atoms with Crippen molar-refractivity contribution in [3.8, 4) is 0 Å². The maximum absolute atomic E-state index is 5.73. The quantitative estimate of drug-likeness (QED) is 0.599. The van der Waals surface area contributed by atoms with Gasteiger partial charge in [-0.25, -0.2) is 0 Å². The SMILES string of the molecule is COC1(C)CC=C2C(C)(C)CCCC2(C)CC1. The summed E-state index contributed by atoms with van der Waals surface area (Å²) in [6.07, 6.45) is 10.2. The van der Waals surface area contributed by atoms with E-state index in [4.69, 9.17) is 4.74 Å². The lowest BCUT2D eigenvalue weighted by Gasteiger charge is -2.46. The van der Waals surface area contributed by atoms with E-state index in [1.807, 2.05) is 7.11 Å². The van der Waals surface area contributed by atoms with Crippen molar-refractivity contribution >= 4 is 0 Å². The van der Waals surface area contributed by atoms with Crippen LogP contribution in [0.1, 0.15) is 66.2 Å². The lowest BCUT2D eigenvalue weighted by molar-refractivity contribution is -0.00446. The molecule has 2 rings (SSSR count). The Hall–Kier alpha value is -0.300. The van der Waals surface area contributed by atoms with Gasteiger partial charge in [0, 0.05) is 7.11 Å². The fourth-order valence-corrected chi connectivity index (χ4v) is 3.93. The van der Waals surface area contributed by atoms with E-state index < -0.39 is 0 Å². The molecule has 0 aromatic carbocycles. The van der Waals surface area contributed by atoms with Crippen LogP contribution in [0.25, 0.3) is 0 Å². The molecule has 0 aromatic heterocycles. The zero-order chi connectivity index (χ0) is 12.7. The van der Waals surface area contributed by atoms with Gasteiger partial charge in [-0.3, -0.25) is 0 Å². The van der Waals surface area contributed by atoms with Crippen molar-refractivity contribution in [3.05, 3.63) is 11.6 Å². The minimum atomic E-state index is 0.0590. The summed E-state index contributed by atoms with van der Waals surface area (Å²) in [6.45, 7) is 9.58. The van der Waals surface area contributed by atoms with E-state index in [1.165, 1.54) is 32.1 Å². The molecule has 17 heavy (non-hydrogen) atoms. The van der Waals surface area contributed by atoms with Crippen LogP contribution in [0.2, 0.25) is 0 Å². The first-order valence-corrected chi connectivity index (χ1v) is 7.08.